The maximum absolute atomic E-state index is 11.8. The van der Waals surface area contributed by atoms with E-state index in [2.05, 4.69) is 4.98 Å². The van der Waals surface area contributed by atoms with Gasteiger partial charge in [0.15, 0.2) is 0 Å². The summed E-state index contributed by atoms with van der Waals surface area (Å²) >= 11 is 0. The number of aromatic nitrogens is 1. The first-order chi connectivity index (χ1) is 7.65. The van der Waals surface area contributed by atoms with Gasteiger partial charge < -0.3 is 9.64 Å². The predicted octanol–water partition coefficient (Wildman–Crippen LogP) is 0.717. The van der Waals surface area contributed by atoms with Crippen LogP contribution in [-0.2, 0) is 9.53 Å². The predicted molar refractivity (Wildman–Crippen MR) is 57.8 cm³/mol. The van der Waals surface area contributed by atoms with E-state index in [1.807, 2.05) is 0 Å². The second-order valence-corrected chi connectivity index (χ2v) is 3.20. The van der Waals surface area contributed by atoms with Crippen molar-refractivity contribution in [3.8, 4) is 0 Å². The summed E-state index contributed by atoms with van der Waals surface area (Å²) in [5, 5.41) is 0. The van der Waals surface area contributed by atoms with Crippen LogP contribution in [0.5, 0.6) is 0 Å². The number of likely N-dealkylation sites (N-methyl/N-ethyl adjacent to an activating group) is 1. The highest BCUT2D eigenvalue weighted by molar-refractivity contribution is 5.95. The van der Waals surface area contributed by atoms with Crippen LogP contribution in [0, 0.1) is 0 Å². The smallest absolute Gasteiger partial charge is 0.325 e. The highest BCUT2D eigenvalue weighted by atomic mass is 16.5. The molecule has 1 amide bonds. The molecule has 0 atom stereocenters. The molecule has 0 radical (unpaired) electrons. The van der Waals surface area contributed by atoms with Crippen LogP contribution in [0.15, 0.2) is 24.5 Å². The van der Waals surface area contributed by atoms with Gasteiger partial charge in [-0.1, -0.05) is 0 Å². The van der Waals surface area contributed by atoms with E-state index >= 15 is 0 Å². The standard InChI is InChI=1S/C11H14N2O3/c1-3-16-10(14)8-13(2)11(15)9-4-6-12-7-5-9/h4-7H,3,8H2,1-2H3. The van der Waals surface area contributed by atoms with Crippen LogP contribution in [0.2, 0.25) is 0 Å². The Labute approximate surface area is 94.0 Å². The molecule has 1 aromatic rings. The lowest BCUT2D eigenvalue weighted by atomic mass is 10.2. The Kier molecular flexibility index (Phi) is 4.44. The van der Waals surface area contributed by atoms with Crippen LogP contribution in [-0.4, -0.2) is 42.0 Å². The Morgan fingerprint density at radius 2 is 2.00 bits per heavy atom. The van der Waals surface area contributed by atoms with Crippen molar-refractivity contribution in [3.63, 3.8) is 0 Å². The van der Waals surface area contributed by atoms with Crippen LogP contribution in [0.3, 0.4) is 0 Å². The van der Waals surface area contributed by atoms with E-state index < -0.39 is 5.97 Å². The van der Waals surface area contributed by atoms with Crippen molar-refractivity contribution < 1.29 is 14.3 Å². The zero-order valence-electron chi connectivity index (χ0n) is 9.34. The zero-order valence-corrected chi connectivity index (χ0v) is 9.34. The second kappa shape index (κ2) is 5.85. The maximum Gasteiger partial charge on any atom is 0.325 e. The van der Waals surface area contributed by atoms with Crippen molar-refractivity contribution in [1.82, 2.24) is 9.88 Å². The number of carbonyl (C=O) groups excluding carboxylic acids is 2. The van der Waals surface area contributed by atoms with Crippen molar-refractivity contribution in [2.45, 2.75) is 6.92 Å². The first kappa shape index (κ1) is 12.2. The van der Waals surface area contributed by atoms with E-state index in [0.717, 1.165) is 0 Å². The molecule has 0 aromatic carbocycles. The normalized spacial score (nSPS) is 9.62. The number of nitrogens with zero attached hydrogens (tertiary/aromatic N) is 2. The second-order valence-electron chi connectivity index (χ2n) is 3.20. The van der Waals surface area contributed by atoms with Gasteiger partial charge in [-0.25, -0.2) is 0 Å². The SMILES string of the molecule is CCOC(=O)CN(C)C(=O)c1ccncc1. The molecule has 0 aliphatic heterocycles. The minimum atomic E-state index is -0.410. The molecule has 0 unspecified atom stereocenters. The van der Waals surface area contributed by atoms with Crippen LogP contribution in [0.25, 0.3) is 0 Å². The van der Waals surface area contributed by atoms with Crippen LogP contribution < -0.4 is 0 Å². The summed E-state index contributed by atoms with van der Waals surface area (Å²) in [4.78, 5) is 28.1. The third-order valence-electron chi connectivity index (χ3n) is 1.95. The zero-order chi connectivity index (χ0) is 12.0. The van der Waals surface area contributed by atoms with Gasteiger partial charge in [-0.15, -0.1) is 0 Å². The average molecular weight is 222 g/mol. The van der Waals surface area contributed by atoms with Gasteiger partial charge in [0.25, 0.3) is 5.91 Å². The number of rotatable bonds is 4. The third kappa shape index (κ3) is 3.34. The number of hydrogen-bond donors (Lipinski definition) is 0. The molecule has 1 aromatic heterocycles. The molecule has 1 rings (SSSR count). The molecule has 16 heavy (non-hydrogen) atoms. The van der Waals surface area contributed by atoms with Gasteiger partial charge in [0.2, 0.25) is 0 Å². The van der Waals surface area contributed by atoms with Crippen molar-refractivity contribution in [1.29, 1.82) is 0 Å². The number of carbonyl (C=O) groups is 2. The first-order valence-electron chi connectivity index (χ1n) is 4.96. The number of esters is 1. The van der Waals surface area contributed by atoms with Crippen LogP contribution in [0.4, 0.5) is 0 Å². The van der Waals surface area contributed by atoms with Crippen molar-refractivity contribution >= 4 is 11.9 Å². The molecule has 0 saturated carbocycles. The van der Waals surface area contributed by atoms with Crippen LogP contribution >= 0.6 is 0 Å². The Morgan fingerprint density at radius 1 is 1.38 bits per heavy atom. The summed E-state index contributed by atoms with van der Waals surface area (Å²) in [6.45, 7) is 1.99. The van der Waals surface area contributed by atoms with Gasteiger partial charge in [-0.2, -0.15) is 0 Å². The fourth-order valence-corrected chi connectivity index (χ4v) is 1.19. The quantitative estimate of drug-likeness (QED) is 0.704. The largest absolute Gasteiger partial charge is 0.465 e. The van der Waals surface area contributed by atoms with Gasteiger partial charge in [0.05, 0.1) is 6.61 Å². The van der Waals surface area contributed by atoms with Gasteiger partial charge in [0, 0.05) is 25.0 Å². The topological polar surface area (TPSA) is 59.5 Å². The summed E-state index contributed by atoms with van der Waals surface area (Å²) in [7, 11) is 1.56. The van der Waals surface area contributed by atoms with Crippen molar-refractivity contribution in [2.24, 2.45) is 0 Å². The molecule has 0 N–H and O–H groups in total. The molecule has 0 spiro atoms. The lowest BCUT2D eigenvalue weighted by Crippen LogP contribution is -2.33. The number of hydrogen-bond acceptors (Lipinski definition) is 4. The van der Waals surface area contributed by atoms with Crippen molar-refractivity contribution in [2.75, 3.05) is 20.2 Å². The maximum atomic E-state index is 11.8. The van der Waals surface area contributed by atoms with E-state index in [-0.39, 0.29) is 12.5 Å². The van der Waals surface area contributed by atoms with Crippen molar-refractivity contribution in [3.05, 3.63) is 30.1 Å². The Hall–Kier alpha value is -1.91. The molecular weight excluding hydrogens is 208 g/mol. The highest BCUT2D eigenvalue weighted by Gasteiger charge is 2.14. The molecule has 0 saturated heterocycles. The number of ether oxygens (including phenoxy) is 1. The Morgan fingerprint density at radius 3 is 2.56 bits per heavy atom. The summed E-state index contributed by atoms with van der Waals surface area (Å²) in [5.41, 5.74) is 0.502. The fourth-order valence-electron chi connectivity index (χ4n) is 1.19. The Balaban J connectivity index is 2.58. The highest BCUT2D eigenvalue weighted by Crippen LogP contribution is 2.01. The third-order valence-corrected chi connectivity index (χ3v) is 1.95. The van der Waals surface area contributed by atoms with Gasteiger partial charge in [-0.05, 0) is 19.1 Å². The number of pyridine rings is 1. The summed E-state index contributed by atoms with van der Waals surface area (Å²) in [5.74, 6) is -0.636. The van der Waals surface area contributed by atoms with E-state index in [1.54, 1.807) is 26.1 Å². The van der Waals surface area contributed by atoms with E-state index in [1.165, 1.54) is 17.3 Å². The molecule has 0 bridgehead atoms. The lowest BCUT2D eigenvalue weighted by molar-refractivity contribution is -0.143. The van der Waals surface area contributed by atoms with Gasteiger partial charge in [0.1, 0.15) is 6.54 Å². The van der Waals surface area contributed by atoms with E-state index in [9.17, 15) is 9.59 Å². The fraction of sp³-hybridized carbons (Fsp3) is 0.364. The minimum Gasteiger partial charge on any atom is -0.465 e. The first-order valence-corrected chi connectivity index (χ1v) is 4.96. The molecule has 0 aliphatic carbocycles. The molecule has 86 valence electrons. The summed E-state index contributed by atoms with van der Waals surface area (Å²) < 4.78 is 4.75. The summed E-state index contributed by atoms with van der Waals surface area (Å²) in [6.07, 6.45) is 3.07. The molecule has 1 heterocycles. The molecule has 5 nitrogen and oxygen atoms in total. The van der Waals surface area contributed by atoms with Gasteiger partial charge in [-0.3, -0.25) is 14.6 Å². The number of amides is 1. The monoisotopic (exact) mass is 222 g/mol. The van der Waals surface area contributed by atoms with E-state index in [0.29, 0.717) is 12.2 Å². The molecule has 0 aliphatic rings. The van der Waals surface area contributed by atoms with Gasteiger partial charge >= 0.3 is 5.97 Å². The van der Waals surface area contributed by atoms with E-state index in [4.69, 9.17) is 4.74 Å². The average Bonchev–Trinajstić information content (AvgIpc) is 2.29. The Bertz CT molecular complexity index is 365. The minimum absolute atomic E-state index is 0.0466. The molecule has 5 heteroatoms. The lowest BCUT2D eigenvalue weighted by Gasteiger charge is -2.15. The molecular formula is C11H14N2O3. The summed E-state index contributed by atoms with van der Waals surface area (Å²) in [6, 6.07) is 3.20. The van der Waals surface area contributed by atoms with Crippen LogP contribution in [0.1, 0.15) is 17.3 Å². The molecule has 0 fully saturated rings.